The first-order chi connectivity index (χ1) is 13.1. The summed E-state index contributed by atoms with van der Waals surface area (Å²) >= 11 is 0. The summed E-state index contributed by atoms with van der Waals surface area (Å²) in [4.78, 5) is 19.1. The Morgan fingerprint density at radius 1 is 0.963 bits per heavy atom. The summed E-state index contributed by atoms with van der Waals surface area (Å²) in [5.74, 6) is 0.696. The Morgan fingerprint density at radius 2 is 1.52 bits per heavy atom. The van der Waals surface area contributed by atoms with Crippen molar-refractivity contribution in [2.45, 2.75) is 45.7 Å². The molecule has 3 aromatic rings. The molecule has 1 aromatic heterocycles. The summed E-state index contributed by atoms with van der Waals surface area (Å²) < 4.78 is 1.89. The second kappa shape index (κ2) is 6.99. The van der Waals surface area contributed by atoms with Crippen LogP contribution in [-0.4, -0.2) is 20.7 Å². The molecule has 4 rings (SSSR count). The van der Waals surface area contributed by atoms with Crippen molar-refractivity contribution in [3.05, 3.63) is 77.1 Å². The van der Waals surface area contributed by atoms with Gasteiger partial charge in [0.15, 0.2) is 0 Å². The zero-order valence-electron chi connectivity index (χ0n) is 16.0. The van der Waals surface area contributed by atoms with E-state index in [1.807, 2.05) is 16.5 Å². The normalized spacial score (nSPS) is 19.0. The Morgan fingerprint density at radius 3 is 2.07 bits per heavy atom. The summed E-state index contributed by atoms with van der Waals surface area (Å²) in [6, 6.07) is 17.0. The number of rotatable bonds is 3. The molecule has 0 unspecified atom stereocenters. The lowest BCUT2D eigenvalue weighted by Gasteiger charge is -2.39. The van der Waals surface area contributed by atoms with E-state index in [2.05, 4.69) is 72.5 Å². The van der Waals surface area contributed by atoms with Crippen LogP contribution in [0.4, 0.5) is 5.95 Å². The molecule has 0 aliphatic carbocycles. The third-order valence-electron chi connectivity index (χ3n) is 5.32. The number of benzene rings is 2. The number of fused-ring (bicyclic) bond motifs is 1. The molecule has 2 atom stereocenters. The van der Waals surface area contributed by atoms with E-state index in [0.29, 0.717) is 12.4 Å². The Bertz CT molecular complexity index is 943. The van der Waals surface area contributed by atoms with Crippen molar-refractivity contribution in [1.29, 1.82) is 0 Å². The molecule has 27 heavy (non-hydrogen) atoms. The van der Waals surface area contributed by atoms with Crippen LogP contribution in [0, 0.1) is 13.8 Å². The van der Waals surface area contributed by atoms with Crippen LogP contribution in [-0.2, 0) is 4.79 Å². The van der Waals surface area contributed by atoms with Gasteiger partial charge in [-0.25, -0.2) is 4.68 Å². The van der Waals surface area contributed by atoms with Crippen LogP contribution >= 0.6 is 0 Å². The van der Waals surface area contributed by atoms with Crippen LogP contribution in [0.15, 0.2) is 54.9 Å². The van der Waals surface area contributed by atoms with Gasteiger partial charge in [0.25, 0.3) is 0 Å². The maximum atomic E-state index is 12.8. The fraction of sp³-hybridized carbons (Fsp3) is 0.318. The second-order valence-electron chi connectivity index (χ2n) is 7.21. The van der Waals surface area contributed by atoms with Crippen molar-refractivity contribution in [3.8, 4) is 0 Å². The minimum Gasteiger partial charge on any atom is -0.274 e. The Balaban J connectivity index is 1.83. The molecule has 0 N–H and O–H groups in total. The molecule has 5 heteroatoms. The van der Waals surface area contributed by atoms with E-state index in [4.69, 9.17) is 0 Å². The SMILES string of the molecule is CCC(=O)N1c2ncnn2[C@@H](c2ccc(C)cc2)C[C@@H]1c1ccc(C)cc1. The number of carbonyl (C=O) groups excluding carboxylic acids is 1. The molecule has 0 bridgehead atoms. The van der Waals surface area contributed by atoms with Crippen molar-refractivity contribution in [3.63, 3.8) is 0 Å². The van der Waals surface area contributed by atoms with Crippen molar-refractivity contribution in [1.82, 2.24) is 14.8 Å². The van der Waals surface area contributed by atoms with Crippen LogP contribution in [0.2, 0.25) is 0 Å². The van der Waals surface area contributed by atoms with E-state index in [1.54, 1.807) is 6.33 Å². The van der Waals surface area contributed by atoms with Gasteiger partial charge in [-0.05, 0) is 31.4 Å². The van der Waals surface area contributed by atoms with Gasteiger partial charge in [0, 0.05) is 6.42 Å². The predicted molar refractivity (Wildman–Crippen MR) is 106 cm³/mol. The van der Waals surface area contributed by atoms with Gasteiger partial charge >= 0.3 is 0 Å². The summed E-state index contributed by atoms with van der Waals surface area (Å²) in [6.07, 6.45) is 2.75. The highest BCUT2D eigenvalue weighted by molar-refractivity contribution is 5.92. The Hall–Kier alpha value is -2.95. The fourth-order valence-corrected chi connectivity index (χ4v) is 3.79. The molecule has 1 aliphatic rings. The molecule has 0 spiro atoms. The molecule has 5 nitrogen and oxygen atoms in total. The highest BCUT2D eigenvalue weighted by Gasteiger charge is 2.38. The van der Waals surface area contributed by atoms with Crippen molar-refractivity contribution < 1.29 is 4.79 Å². The van der Waals surface area contributed by atoms with Gasteiger partial charge in [0.1, 0.15) is 6.33 Å². The zero-order chi connectivity index (χ0) is 19.0. The minimum absolute atomic E-state index is 0.0512. The lowest BCUT2D eigenvalue weighted by Crippen LogP contribution is -2.42. The molecule has 0 radical (unpaired) electrons. The monoisotopic (exact) mass is 360 g/mol. The van der Waals surface area contributed by atoms with Crippen LogP contribution in [0.3, 0.4) is 0 Å². The lowest BCUT2D eigenvalue weighted by molar-refractivity contribution is -0.119. The van der Waals surface area contributed by atoms with Crippen LogP contribution in [0.5, 0.6) is 0 Å². The van der Waals surface area contributed by atoms with Gasteiger partial charge in [-0.15, -0.1) is 0 Å². The average Bonchev–Trinajstić information content (AvgIpc) is 3.17. The smallest absolute Gasteiger partial charge is 0.231 e. The van der Waals surface area contributed by atoms with Gasteiger partial charge < -0.3 is 0 Å². The molecular weight excluding hydrogens is 336 g/mol. The van der Waals surface area contributed by atoms with E-state index in [-0.39, 0.29) is 18.0 Å². The maximum Gasteiger partial charge on any atom is 0.231 e. The zero-order valence-corrected chi connectivity index (χ0v) is 16.0. The van der Waals surface area contributed by atoms with Crippen molar-refractivity contribution in [2.75, 3.05) is 4.90 Å². The largest absolute Gasteiger partial charge is 0.274 e. The number of amides is 1. The molecule has 1 aliphatic heterocycles. The number of hydrogen-bond donors (Lipinski definition) is 0. The Labute approximate surface area is 159 Å². The molecule has 0 saturated carbocycles. The van der Waals surface area contributed by atoms with Crippen LogP contribution in [0.25, 0.3) is 0 Å². The Kier molecular flexibility index (Phi) is 4.52. The molecule has 2 heterocycles. The number of hydrogen-bond acceptors (Lipinski definition) is 3. The minimum atomic E-state index is -0.0546. The fourth-order valence-electron chi connectivity index (χ4n) is 3.79. The summed E-state index contributed by atoms with van der Waals surface area (Å²) in [5.41, 5.74) is 4.76. The maximum absolute atomic E-state index is 12.8. The molecule has 0 fully saturated rings. The van der Waals surface area contributed by atoms with Crippen molar-refractivity contribution >= 4 is 11.9 Å². The highest BCUT2D eigenvalue weighted by atomic mass is 16.2. The standard InChI is InChI=1S/C22H24N4O/c1-4-21(27)25-19(17-9-5-15(2)6-10-17)13-20(26-22(25)23-14-24-26)18-11-7-16(3)8-12-18/h5-12,14,19-20H,4,13H2,1-3H3/t19-,20-/m1/s1. The van der Waals surface area contributed by atoms with E-state index in [1.165, 1.54) is 16.7 Å². The number of aromatic nitrogens is 3. The summed E-state index contributed by atoms with van der Waals surface area (Å²) in [6.45, 7) is 6.05. The lowest BCUT2D eigenvalue weighted by atomic mass is 9.91. The van der Waals surface area contributed by atoms with E-state index < -0.39 is 0 Å². The second-order valence-corrected chi connectivity index (χ2v) is 7.21. The third-order valence-corrected chi connectivity index (χ3v) is 5.32. The van der Waals surface area contributed by atoms with Gasteiger partial charge in [-0.1, -0.05) is 66.6 Å². The van der Waals surface area contributed by atoms with E-state index in [9.17, 15) is 4.79 Å². The van der Waals surface area contributed by atoms with Gasteiger partial charge in [-0.2, -0.15) is 10.1 Å². The number of anilines is 1. The van der Waals surface area contributed by atoms with Gasteiger partial charge in [-0.3, -0.25) is 9.69 Å². The van der Waals surface area contributed by atoms with Crippen LogP contribution in [0.1, 0.15) is 54.1 Å². The van der Waals surface area contributed by atoms with E-state index >= 15 is 0 Å². The first-order valence-electron chi connectivity index (χ1n) is 9.43. The van der Waals surface area contributed by atoms with E-state index in [0.717, 1.165) is 12.0 Å². The molecule has 2 aromatic carbocycles. The molecular formula is C22H24N4O. The quantitative estimate of drug-likeness (QED) is 0.697. The van der Waals surface area contributed by atoms with Crippen molar-refractivity contribution in [2.24, 2.45) is 0 Å². The first kappa shape index (κ1) is 17.5. The highest BCUT2D eigenvalue weighted by Crippen LogP contribution is 2.42. The molecule has 1 amide bonds. The van der Waals surface area contributed by atoms with Crippen LogP contribution < -0.4 is 4.90 Å². The molecule has 138 valence electrons. The molecule has 0 saturated heterocycles. The average molecular weight is 360 g/mol. The summed E-state index contributed by atoms with van der Waals surface area (Å²) in [5, 5.41) is 4.46. The van der Waals surface area contributed by atoms with Gasteiger partial charge in [0.05, 0.1) is 12.1 Å². The van der Waals surface area contributed by atoms with Gasteiger partial charge in [0.2, 0.25) is 11.9 Å². The number of carbonyl (C=O) groups is 1. The summed E-state index contributed by atoms with van der Waals surface area (Å²) in [7, 11) is 0. The third kappa shape index (κ3) is 3.14. The number of aryl methyl sites for hydroxylation is 2. The first-order valence-corrected chi connectivity index (χ1v) is 9.43. The number of nitrogens with zero attached hydrogens (tertiary/aromatic N) is 4. The topological polar surface area (TPSA) is 51.0 Å². The predicted octanol–water partition coefficient (Wildman–Crippen LogP) is 4.37.